The zero-order chi connectivity index (χ0) is 14.8. The molecule has 2 aliphatic heterocycles. The van der Waals surface area contributed by atoms with Gasteiger partial charge in [0.05, 0.1) is 25.3 Å². The molecule has 3 heterocycles. The normalized spacial score (nSPS) is 26.2. The standard InChI is InChI=1S/C17H22N4O/c1-2-4-14(5-3-1)10-21-8-9-22-16-12-20(11-15(16)21)13-17-18-6-7-19-17/h1-7,15-16H,8-13H2,(H,18,19). The highest BCUT2D eigenvalue weighted by Crippen LogP contribution is 2.25. The third-order valence-electron chi connectivity index (χ3n) is 4.65. The molecule has 1 aromatic heterocycles. The number of aromatic amines is 1. The van der Waals surface area contributed by atoms with Crippen molar-refractivity contribution in [2.45, 2.75) is 25.2 Å². The first kappa shape index (κ1) is 13.9. The molecule has 1 aromatic carbocycles. The van der Waals surface area contributed by atoms with E-state index in [1.54, 1.807) is 0 Å². The molecule has 5 nitrogen and oxygen atoms in total. The van der Waals surface area contributed by atoms with Crippen LogP contribution in [-0.2, 0) is 17.8 Å². The van der Waals surface area contributed by atoms with Gasteiger partial charge in [0, 0.05) is 38.6 Å². The lowest BCUT2D eigenvalue weighted by Crippen LogP contribution is -2.50. The molecular formula is C17H22N4O. The highest BCUT2D eigenvalue weighted by atomic mass is 16.5. The van der Waals surface area contributed by atoms with Gasteiger partial charge in [0.25, 0.3) is 0 Å². The molecule has 0 aliphatic carbocycles. The summed E-state index contributed by atoms with van der Waals surface area (Å²) in [6, 6.07) is 11.2. The van der Waals surface area contributed by atoms with E-state index in [0.29, 0.717) is 12.1 Å². The number of H-pyrrole nitrogens is 1. The molecule has 2 fully saturated rings. The summed E-state index contributed by atoms with van der Waals surface area (Å²) in [5.41, 5.74) is 1.38. The Labute approximate surface area is 130 Å². The van der Waals surface area contributed by atoms with Gasteiger partial charge in [-0.3, -0.25) is 9.80 Å². The van der Waals surface area contributed by atoms with Gasteiger partial charge in [0.1, 0.15) is 5.82 Å². The van der Waals surface area contributed by atoms with Gasteiger partial charge in [-0.05, 0) is 5.56 Å². The van der Waals surface area contributed by atoms with E-state index in [2.05, 4.69) is 50.1 Å². The smallest absolute Gasteiger partial charge is 0.120 e. The van der Waals surface area contributed by atoms with Crippen LogP contribution in [0.1, 0.15) is 11.4 Å². The number of imidazole rings is 1. The third kappa shape index (κ3) is 2.92. The Hall–Kier alpha value is -1.69. The number of morpholine rings is 1. The van der Waals surface area contributed by atoms with Crippen LogP contribution in [0, 0.1) is 0 Å². The van der Waals surface area contributed by atoms with Crippen LogP contribution in [0.5, 0.6) is 0 Å². The molecule has 2 saturated heterocycles. The van der Waals surface area contributed by atoms with Gasteiger partial charge in [0.15, 0.2) is 0 Å². The summed E-state index contributed by atoms with van der Waals surface area (Å²) in [6.45, 7) is 5.80. The monoisotopic (exact) mass is 298 g/mol. The maximum atomic E-state index is 6.01. The van der Waals surface area contributed by atoms with Gasteiger partial charge in [-0.15, -0.1) is 0 Å². The first-order valence-electron chi connectivity index (χ1n) is 7.99. The second-order valence-corrected chi connectivity index (χ2v) is 6.16. The first-order valence-corrected chi connectivity index (χ1v) is 7.99. The van der Waals surface area contributed by atoms with Crippen molar-refractivity contribution in [3.05, 3.63) is 54.1 Å². The summed E-state index contributed by atoms with van der Waals surface area (Å²) in [6.07, 6.45) is 4.03. The summed E-state index contributed by atoms with van der Waals surface area (Å²) >= 11 is 0. The maximum absolute atomic E-state index is 6.01. The van der Waals surface area contributed by atoms with E-state index >= 15 is 0 Å². The third-order valence-corrected chi connectivity index (χ3v) is 4.65. The van der Waals surface area contributed by atoms with Crippen molar-refractivity contribution < 1.29 is 4.74 Å². The highest BCUT2D eigenvalue weighted by Gasteiger charge is 2.39. The predicted octanol–water partition coefficient (Wildman–Crippen LogP) is 1.49. The predicted molar refractivity (Wildman–Crippen MR) is 84.2 cm³/mol. The van der Waals surface area contributed by atoms with Crippen LogP contribution in [0.25, 0.3) is 0 Å². The number of nitrogens with one attached hydrogen (secondary N) is 1. The summed E-state index contributed by atoms with van der Waals surface area (Å²) in [4.78, 5) is 12.5. The average molecular weight is 298 g/mol. The average Bonchev–Trinajstić information content (AvgIpc) is 3.18. The zero-order valence-corrected chi connectivity index (χ0v) is 12.7. The van der Waals surface area contributed by atoms with Gasteiger partial charge in [-0.25, -0.2) is 4.98 Å². The molecule has 0 radical (unpaired) electrons. The van der Waals surface area contributed by atoms with Crippen LogP contribution in [0.4, 0.5) is 0 Å². The minimum atomic E-state index is 0.326. The van der Waals surface area contributed by atoms with Crippen molar-refractivity contribution in [3.8, 4) is 0 Å². The molecule has 0 amide bonds. The molecule has 2 unspecified atom stereocenters. The van der Waals surface area contributed by atoms with Gasteiger partial charge in [-0.2, -0.15) is 0 Å². The van der Waals surface area contributed by atoms with E-state index in [1.807, 2.05) is 12.4 Å². The number of ether oxygens (including phenoxy) is 1. The minimum Gasteiger partial charge on any atom is -0.374 e. The van der Waals surface area contributed by atoms with Gasteiger partial charge >= 0.3 is 0 Å². The Kier molecular flexibility index (Phi) is 3.93. The van der Waals surface area contributed by atoms with E-state index in [0.717, 1.165) is 45.2 Å². The number of aromatic nitrogens is 2. The SMILES string of the molecule is c1ccc(CN2CCOC3CN(Cc4ncc[nH]4)CC32)cc1. The second-order valence-electron chi connectivity index (χ2n) is 6.16. The number of hydrogen-bond acceptors (Lipinski definition) is 4. The van der Waals surface area contributed by atoms with Crippen LogP contribution < -0.4 is 0 Å². The van der Waals surface area contributed by atoms with E-state index in [1.165, 1.54) is 5.56 Å². The van der Waals surface area contributed by atoms with E-state index in [-0.39, 0.29) is 0 Å². The number of fused-ring (bicyclic) bond motifs is 1. The number of likely N-dealkylation sites (tertiary alicyclic amines) is 1. The Bertz CT molecular complexity index is 586. The Balaban J connectivity index is 1.42. The van der Waals surface area contributed by atoms with Crippen LogP contribution in [-0.4, -0.2) is 58.2 Å². The van der Waals surface area contributed by atoms with Gasteiger partial charge in [-0.1, -0.05) is 30.3 Å². The fraction of sp³-hybridized carbons (Fsp3) is 0.471. The highest BCUT2D eigenvalue weighted by molar-refractivity contribution is 5.15. The lowest BCUT2D eigenvalue weighted by Gasteiger charge is -2.37. The molecular weight excluding hydrogens is 276 g/mol. The van der Waals surface area contributed by atoms with Gasteiger partial charge in [0.2, 0.25) is 0 Å². The molecule has 0 bridgehead atoms. The number of rotatable bonds is 4. The largest absolute Gasteiger partial charge is 0.374 e. The molecule has 2 aromatic rings. The van der Waals surface area contributed by atoms with E-state index in [4.69, 9.17) is 4.74 Å². The van der Waals surface area contributed by atoms with Crippen molar-refractivity contribution in [2.75, 3.05) is 26.2 Å². The summed E-state index contributed by atoms with van der Waals surface area (Å²) in [5.74, 6) is 1.04. The molecule has 0 saturated carbocycles. The van der Waals surface area contributed by atoms with Crippen molar-refractivity contribution in [1.29, 1.82) is 0 Å². The molecule has 22 heavy (non-hydrogen) atoms. The van der Waals surface area contributed by atoms with Crippen LogP contribution in [0.2, 0.25) is 0 Å². The van der Waals surface area contributed by atoms with E-state index in [9.17, 15) is 0 Å². The Morgan fingerprint density at radius 1 is 1.18 bits per heavy atom. The van der Waals surface area contributed by atoms with Crippen molar-refractivity contribution >= 4 is 0 Å². The van der Waals surface area contributed by atoms with Crippen molar-refractivity contribution in [3.63, 3.8) is 0 Å². The topological polar surface area (TPSA) is 44.4 Å². The fourth-order valence-electron chi connectivity index (χ4n) is 3.57. The minimum absolute atomic E-state index is 0.326. The first-order chi connectivity index (χ1) is 10.9. The summed E-state index contributed by atoms with van der Waals surface area (Å²) in [5, 5.41) is 0. The molecule has 5 heteroatoms. The molecule has 4 rings (SSSR count). The number of benzene rings is 1. The number of nitrogens with zero attached hydrogens (tertiary/aromatic N) is 3. The van der Waals surface area contributed by atoms with Crippen LogP contribution >= 0.6 is 0 Å². The van der Waals surface area contributed by atoms with Crippen LogP contribution in [0.15, 0.2) is 42.7 Å². The van der Waals surface area contributed by atoms with Gasteiger partial charge < -0.3 is 9.72 Å². The summed E-state index contributed by atoms with van der Waals surface area (Å²) < 4.78 is 6.01. The quantitative estimate of drug-likeness (QED) is 0.929. The second kappa shape index (κ2) is 6.20. The maximum Gasteiger partial charge on any atom is 0.120 e. The zero-order valence-electron chi connectivity index (χ0n) is 12.7. The van der Waals surface area contributed by atoms with Crippen molar-refractivity contribution in [1.82, 2.24) is 19.8 Å². The molecule has 1 N–H and O–H groups in total. The van der Waals surface area contributed by atoms with Crippen LogP contribution in [0.3, 0.4) is 0 Å². The Morgan fingerprint density at radius 2 is 2.09 bits per heavy atom. The summed E-state index contributed by atoms with van der Waals surface area (Å²) in [7, 11) is 0. The van der Waals surface area contributed by atoms with Crippen molar-refractivity contribution in [2.24, 2.45) is 0 Å². The lowest BCUT2D eigenvalue weighted by atomic mass is 10.1. The fourth-order valence-corrected chi connectivity index (χ4v) is 3.57. The number of hydrogen-bond donors (Lipinski definition) is 1. The molecule has 0 spiro atoms. The molecule has 2 aliphatic rings. The lowest BCUT2D eigenvalue weighted by molar-refractivity contribution is -0.0504. The molecule has 2 atom stereocenters. The molecule has 116 valence electrons. The Morgan fingerprint density at radius 3 is 2.91 bits per heavy atom. The van der Waals surface area contributed by atoms with E-state index < -0.39 is 0 Å².